The molecule has 1 heterocycles. The average Bonchev–Trinajstić information content (AvgIpc) is 3.05. The van der Waals surface area contributed by atoms with Gasteiger partial charge in [-0.1, -0.05) is 47.6 Å². The zero-order valence-electron chi connectivity index (χ0n) is 13.1. The van der Waals surface area contributed by atoms with E-state index in [9.17, 15) is 9.59 Å². The van der Waals surface area contributed by atoms with E-state index in [0.29, 0.717) is 22.8 Å². The number of carboxylic acid groups (broad SMARTS) is 1. The van der Waals surface area contributed by atoms with Crippen molar-refractivity contribution in [2.24, 2.45) is 0 Å². The molecular formula is C18H15N3O4. The van der Waals surface area contributed by atoms with Crippen LogP contribution in [0.2, 0.25) is 0 Å². The molecule has 0 radical (unpaired) electrons. The SMILES string of the molecule is O=C(O)Cc1ccc(NC(=O)Nc2cc(-c3ccccc3)on2)cc1. The lowest BCUT2D eigenvalue weighted by Gasteiger charge is -2.05. The molecule has 2 amide bonds. The monoisotopic (exact) mass is 337 g/mol. The fourth-order valence-electron chi connectivity index (χ4n) is 2.23. The summed E-state index contributed by atoms with van der Waals surface area (Å²) in [5.41, 5.74) is 2.05. The fraction of sp³-hybridized carbons (Fsp3) is 0.0556. The van der Waals surface area contributed by atoms with E-state index >= 15 is 0 Å². The van der Waals surface area contributed by atoms with Gasteiger partial charge in [-0.05, 0) is 17.7 Å². The Bertz CT molecular complexity index is 873. The van der Waals surface area contributed by atoms with E-state index in [4.69, 9.17) is 9.63 Å². The minimum absolute atomic E-state index is 0.0618. The van der Waals surface area contributed by atoms with Gasteiger partial charge in [-0.2, -0.15) is 0 Å². The number of carboxylic acids is 1. The summed E-state index contributed by atoms with van der Waals surface area (Å²) in [6, 6.07) is 17.1. The van der Waals surface area contributed by atoms with Crippen LogP contribution in [0.3, 0.4) is 0 Å². The lowest BCUT2D eigenvalue weighted by Crippen LogP contribution is -2.19. The fourth-order valence-corrected chi connectivity index (χ4v) is 2.23. The van der Waals surface area contributed by atoms with Gasteiger partial charge in [0.2, 0.25) is 0 Å². The van der Waals surface area contributed by atoms with Gasteiger partial charge < -0.3 is 14.9 Å². The highest BCUT2D eigenvalue weighted by Crippen LogP contribution is 2.22. The second-order valence-electron chi connectivity index (χ2n) is 5.29. The van der Waals surface area contributed by atoms with Crippen molar-refractivity contribution in [3.8, 4) is 11.3 Å². The minimum Gasteiger partial charge on any atom is -0.481 e. The molecular weight excluding hydrogens is 322 g/mol. The minimum atomic E-state index is -0.904. The molecule has 7 nitrogen and oxygen atoms in total. The van der Waals surface area contributed by atoms with Crippen molar-refractivity contribution in [1.82, 2.24) is 5.16 Å². The van der Waals surface area contributed by atoms with Crippen LogP contribution in [0.4, 0.5) is 16.3 Å². The molecule has 3 aromatic rings. The molecule has 2 aromatic carbocycles. The smallest absolute Gasteiger partial charge is 0.324 e. The molecule has 0 aliphatic carbocycles. The van der Waals surface area contributed by atoms with Gasteiger partial charge in [0.15, 0.2) is 11.6 Å². The van der Waals surface area contributed by atoms with E-state index in [-0.39, 0.29) is 6.42 Å². The molecule has 0 fully saturated rings. The van der Waals surface area contributed by atoms with E-state index in [2.05, 4.69) is 15.8 Å². The second-order valence-corrected chi connectivity index (χ2v) is 5.29. The maximum absolute atomic E-state index is 12.0. The van der Waals surface area contributed by atoms with Gasteiger partial charge in [0.1, 0.15) is 0 Å². The normalized spacial score (nSPS) is 10.2. The highest BCUT2D eigenvalue weighted by molar-refractivity contribution is 5.99. The first-order chi connectivity index (χ1) is 12.1. The van der Waals surface area contributed by atoms with Crippen LogP contribution in [-0.2, 0) is 11.2 Å². The summed E-state index contributed by atoms with van der Waals surface area (Å²) in [7, 11) is 0. The Morgan fingerprint density at radius 1 is 1.00 bits per heavy atom. The van der Waals surface area contributed by atoms with Crippen molar-refractivity contribution in [1.29, 1.82) is 0 Å². The van der Waals surface area contributed by atoms with Crippen molar-refractivity contribution in [3.63, 3.8) is 0 Å². The van der Waals surface area contributed by atoms with Gasteiger partial charge in [0, 0.05) is 17.3 Å². The number of anilines is 2. The molecule has 0 atom stereocenters. The predicted molar refractivity (Wildman–Crippen MR) is 92.4 cm³/mol. The maximum atomic E-state index is 12.0. The number of hydrogen-bond donors (Lipinski definition) is 3. The lowest BCUT2D eigenvalue weighted by molar-refractivity contribution is -0.136. The van der Waals surface area contributed by atoms with Gasteiger partial charge in [0.25, 0.3) is 0 Å². The summed E-state index contributed by atoms with van der Waals surface area (Å²) in [5, 5.41) is 17.8. The van der Waals surface area contributed by atoms with E-state index < -0.39 is 12.0 Å². The third-order valence-corrected chi connectivity index (χ3v) is 3.38. The van der Waals surface area contributed by atoms with E-state index in [1.165, 1.54) is 0 Å². The number of aromatic nitrogens is 1. The Morgan fingerprint density at radius 2 is 1.72 bits per heavy atom. The molecule has 126 valence electrons. The summed E-state index contributed by atoms with van der Waals surface area (Å²) in [6.45, 7) is 0. The van der Waals surface area contributed by atoms with Crippen molar-refractivity contribution in [2.45, 2.75) is 6.42 Å². The molecule has 25 heavy (non-hydrogen) atoms. The number of carbonyl (C=O) groups excluding carboxylic acids is 1. The molecule has 0 aliphatic heterocycles. The Morgan fingerprint density at radius 3 is 2.40 bits per heavy atom. The van der Waals surface area contributed by atoms with Crippen molar-refractivity contribution >= 4 is 23.5 Å². The van der Waals surface area contributed by atoms with Crippen LogP contribution in [0.25, 0.3) is 11.3 Å². The van der Waals surface area contributed by atoms with Gasteiger partial charge in [-0.25, -0.2) is 4.79 Å². The molecule has 0 bridgehead atoms. The zero-order valence-corrected chi connectivity index (χ0v) is 13.1. The van der Waals surface area contributed by atoms with Crippen LogP contribution < -0.4 is 10.6 Å². The van der Waals surface area contributed by atoms with E-state index in [1.54, 1.807) is 30.3 Å². The summed E-state index contributed by atoms with van der Waals surface area (Å²) in [5.74, 6) is -0.0634. The summed E-state index contributed by atoms with van der Waals surface area (Å²) < 4.78 is 5.21. The predicted octanol–water partition coefficient (Wildman–Crippen LogP) is 3.61. The average molecular weight is 337 g/mol. The number of urea groups is 1. The highest BCUT2D eigenvalue weighted by Gasteiger charge is 2.09. The quantitative estimate of drug-likeness (QED) is 0.659. The van der Waals surface area contributed by atoms with Crippen LogP contribution in [0, 0.1) is 0 Å². The number of nitrogens with zero attached hydrogens (tertiary/aromatic N) is 1. The van der Waals surface area contributed by atoms with Crippen LogP contribution in [0.15, 0.2) is 65.2 Å². The molecule has 0 unspecified atom stereocenters. The van der Waals surface area contributed by atoms with Crippen molar-refractivity contribution < 1.29 is 19.2 Å². The van der Waals surface area contributed by atoms with E-state index in [1.807, 2.05) is 30.3 Å². The van der Waals surface area contributed by atoms with Crippen molar-refractivity contribution in [2.75, 3.05) is 10.6 Å². The summed E-state index contributed by atoms with van der Waals surface area (Å²) in [4.78, 5) is 22.6. The Labute approximate surface area is 143 Å². The standard InChI is InChI=1S/C18H15N3O4/c22-17(23)10-12-6-8-14(9-7-12)19-18(24)20-16-11-15(25-21-16)13-4-2-1-3-5-13/h1-9,11H,10H2,(H,22,23)(H2,19,20,21,24). The Balaban J connectivity index is 1.59. The van der Waals surface area contributed by atoms with Crippen LogP contribution >= 0.6 is 0 Å². The first-order valence-electron chi connectivity index (χ1n) is 7.51. The van der Waals surface area contributed by atoms with Crippen LogP contribution in [0.5, 0.6) is 0 Å². The molecule has 0 aliphatic rings. The van der Waals surface area contributed by atoms with Gasteiger partial charge in [-0.15, -0.1) is 0 Å². The van der Waals surface area contributed by atoms with Crippen molar-refractivity contribution in [3.05, 3.63) is 66.2 Å². The molecule has 1 aromatic heterocycles. The molecule has 3 rings (SSSR count). The number of carbonyl (C=O) groups is 2. The number of amides is 2. The molecule has 0 saturated carbocycles. The number of aliphatic carboxylic acids is 1. The number of hydrogen-bond acceptors (Lipinski definition) is 4. The third-order valence-electron chi connectivity index (χ3n) is 3.38. The summed E-state index contributed by atoms with van der Waals surface area (Å²) >= 11 is 0. The van der Waals surface area contributed by atoms with Gasteiger partial charge >= 0.3 is 12.0 Å². The van der Waals surface area contributed by atoms with Crippen LogP contribution in [0.1, 0.15) is 5.56 Å². The molecule has 3 N–H and O–H groups in total. The number of benzene rings is 2. The molecule has 0 saturated heterocycles. The first kappa shape index (κ1) is 16.3. The third kappa shape index (κ3) is 4.44. The zero-order chi connectivity index (χ0) is 17.6. The van der Waals surface area contributed by atoms with Gasteiger partial charge in [-0.3, -0.25) is 10.1 Å². The summed E-state index contributed by atoms with van der Waals surface area (Å²) in [6.07, 6.45) is -0.0618. The maximum Gasteiger partial charge on any atom is 0.324 e. The van der Waals surface area contributed by atoms with E-state index in [0.717, 1.165) is 5.56 Å². The Hall–Kier alpha value is -3.61. The topological polar surface area (TPSA) is 104 Å². The van der Waals surface area contributed by atoms with Gasteiger partial charge in [0.05, 0.1) is 6.42 Å². The molecule has 7 heteroatoms. The first-order valence-corrected chi connectivity index (χ1v) is 7.51. The highest BCUT2D eigenvalue weighted by atomic mass is 16.5. The van der Waals surface area contributed by atoms with Crippen LogP contribution in [-0.4, -0.2) is 22.3 Å². The number of rotatable bonds is 5. The second kappa shape index (κ2) is 7.31. The number of nitrogens with one attached hydrogen (secondary N) is 2. The largest absolute Gasteiger partial charge is 0.481 e. The molecule has 0 spiro atoms. The lowest BCUT2D eigenvalue weighted by atomic mass is 10.1. The Kier molecular flexibility index (Phi) is 4.75.